The number of benzene rings is 3. The lowest BCUT2D eigenvalue weighted by Gasteiger charge is -2.14. The Morgan fingerprint density at radius 3 is 2.33 bits per heavy atom. The number of Topliss-reactive ketones (excluding diaryl/α,β-unsaturated/α-hetero) is 1. The third-order valence-corrected chi connectivity index (χ3v) is 5.55. The number of alkyl halides is 2. The van der Waals surface area contributed by atoms with Crippen molar-refractivity contribution in [3.63, 3.8) is 0 Å². The molecule has 3 aromatic rings. The van der Waals surface area contributed by atoms with Gasteiger partial charge in [-0.25, -0.2) is 8.78 Å². The van der Waals surface area contributed by atoms with E-state index in [9.17, 15) is 18.4 Å². The number of carbonyl (C=O) groups is 2. The van der Waals surface area contributed by atoms with Crippen molar-refractivity contribution in [3.05, 3.63) is 92.4 Å². The SMILES string of the molecule is NCc1ccc(Cl)c(C(=O)Cc2ccc(OCC(F)F)c(C(=O)Nc3ccc(Br)cc3)c2)c1. The molecule has 0 aromatic heterocycles. The fraction of sp³-hybridized carbons (Fsp3) is 0.167. The minimum atomic E-state index is -2.70. The number of nitrogens with two attached hydrogens (primary N) is 1. The average Bonchev–Trinajstić information content (AvgIpc) is 2.79. The largest absolute Gasteiger partial charge is 0.487 e. The van der Waals surface area contributed by atoms with Gasteiger partial charge in [-0.3, -0.25) is 9.59 Å². The highest BCUT2D eigenvalue weighted by molar-refractivity contribution is 9.10. The summed E-state index contributed by atoms with van der Waals surface area (Å²) in [5, 5.41) is 3.00. The van der Waals surface area contributed by atoms with Gasteiger partial charge in [0, 0.05) is 28.7 Å². The normalized spacial score (nSPS) is 10.8. The lowest BCUT2D eigenvalue weighted by Crippen LogP contribution is -2.16. The number of amides is 1. The first-order chi connectivity index (χ1) is 15.8. The van der Waals surface area contributed by atoms with E-state index in [1.807, 2.05) is 0 Å². The Hall–Kier alpha value is -2.81. The Labute approximate surface area is 203 Å². The van der Waals surface area contributed by atoms with E-state index in [1.165, 1.54) is 12.1 Å². The summed E-state index contributed by atoms with van der Waals surface area (Å²) in [7, 11) is 0. The quantitative estimate of drug-likeness (QED) is 0.334. The van der Waals surface area contributed by atoms with Crippen LogP contribution in [0, 0.1) is 0 Å². The molecule has 172 valence electrons. The highest BCUT2D eigenvalue weighted by atomic mass is 79.9. The minimum absolute atomic E-state index is 0.00993. The zero-order valence-corrected chi connectivity index (χ0v) is 19.6. The zero-order valence-electron chi connectivity index (χ0n) is 17.3. The van der Waals surface area contributed by atoms with Gasteiger partial charge in [0.1, 0.15) is 12.4 Å². The first-order valence-electron chi connectivity index (χ1n) is 9.89. The molecule has 0 aliphatic rings. The molecule has 0 unspecified atom stereocenters. The van der Waals surface area contributed by atoms with E-state index in [4.69, 9.17) is 22.1 Å². The maximum absolute atomic E-state index is 12.9. The van der Waals surface area contributed by atoms with Crippen molar-refractivity contribution in [2.24, 2.45) is 5.73 Å². The van der Waals surface area contributed by atoms with Crippen LogP contribution in [0.5, 0.6) is 5.75 Å². The Morgan fingerprint density at radius 1 is 1.00 bits per heavy atom. The number of halogens is 4. The van der Waals surface area contributed by atoms with Gasteiger partial charge in [0.05, 0.1) is 10.6 Å². The second-order valence-electron chi connectivity index (χ2n) is 7.11. The smallest absolute Gasteiger partial charge is 0.272 e. The first-order valence-corrected chi connectivity index (χ1v) is 11.1. The van der Waals surface area contributed by atoms with Crippen LogP contribution in [-0.2, 0) is 13.0 Å². The van der Waals surface area contributed by atoms with E-state index in [0.29, 0.717) is 21.8 Å². The van der Waals surface area contributed by atoms with Gasteiger partial charge in [0.15, 0.2) is 5.78 Å². The first kappa shape index (κ1) is 24.8. The molecule has 1 amide bonds. The van der Waals surface area contributed by atoms with E-state index in [2.05, 4.69) is 21.2 Å². The van der Waals surface area contributed by atoms with E-state index >= 15 is 0 Å². The third kappa shape index (κ3) is 6.83. The van der Waals surface area contributed by atoms with Crippen LogP contribution in [0.2, 0.25) is 5.02 Å². The van der Waals surface area contributed by atoms with Crippen molar-refractivity contribution in [2.45, 2.75) is 19.4 Å². The predicted octanol–water partition coefficient (Wildman–Crippen LogP) is 5.88. The zero-order chi connectivity index (χ0) is 24.0. The molecule has 0 saturated heterocycles. The van der Waals surface area contributed by atoms with Crippen molar-refractivity contribution < 1.29 is 23.1 Å². The maximum Gasteiger partial charge on any atom is 0.272 e. The molecule has 0 spiro atoms. The molecule has 0 aliphatic heterocycles. The van der Waals surface area contributed by atoms with Gasteiger partial charge in [-0.05, 0) is 59.7 Å². The fourth-order valence-corrected chi connectivity index (χ4v) is 3.56. The molecule has 0 bridgehead atoms. The standard InChI is InChI=1S/C24H20BrClF2N2O3/c25-16-3-5-17(6-4-16)30-24(32)19-9-14(2-8-22(19)33-13-23(27)28)11-21(31)18-10-15(12-29)1-7-20(18)26/h1-10,23H,11-13,29H2,(H,30,32). The van der Waals surface area contributed by atoms with Gasteiger partial charge < -0.3 is 15.8 Å². The van der Waals surface area contributed by atoms with Gasteiger partial charge in [0.2, 0.25) is 0 Å². The number of hydrogen-bond acceptors (Lipinski definition) is 4. The minimum Gasteiger partial charge on any atom is -0.487 e. The van der Waals surface area contributed by atoms with E-state index in [0.717, 1.165) is 10.0 Å². The summed E-state index contributed by atoms with van der Waals surface area (Å²) >= 11 is 9.49. The molecule has 9 heteroatoms. The lowest BCUT2D eigenvalue weighted by molar-refractivity contribution is 0.0803. The molecule has 3 N–H and O–H groups in total. The lowest BCUT2D eigenvalue weighted by atomic mass is 9.99. The van der Waals surface area contributed by atoms with Gasteiger partial charge in [-0.1, -0.05) is 39.7 Å². The van der Waals surface area contributed by atoms with E-state index in [1.54, 1.807) is 48.5 Å². The molecule has 0 saturated carbocycles. The molecular weight excluding hydrogens is 518 g/mol. The molecule has 0 heterocycles. The summed E-state index contributed by atoms with van der Waals surface area (Å²) in [6.07, 6.45) is -2.76. The van der Waals surface area contributed by atoms with Crippen LogP contribution < -0.4 is 15.8 Å². The van der Waals surface area contributed by atoms with Crippen LogP contribution in [0.3, 0.4) is 0 Å². The number of anilines is 1. The van der Waals surface area contributed by atoms with Crippen LogP contribution in [0.15, 0.2) is 65.1 Å². The summed E-state index contributed by atoms with van der Waals surface area (Å²) in [5.74, 6) is -0.834. The molecule has 3 aromatic carbocycles. The van der Waals surface area contributed by atoms with Crippen LogP contribution in [0.4, 0.5) is 14.5 Å². The second kappa shape index (κ2) is 11.4. The van der Waals surface area contributed by atoms with Crippen LogP contribution >= 0.6 is 27.5 Å². The Morgan fingerprint density at radius 2 is 1.67 bits per heavy atom. The molecule has 0 aliphatic carbocycles. The summed E-state index contributed by atoms with van der Waals surface area (Å²) in [6.45, 7) is -0.605. The number of carbonyl (C=O) groups excluding carboxylic acids is 2. The van der Waals surface area contributed by atoms with Crippen molar-refractivity contribution in [2.75, 3.05) is 11.9 Å². The van der Waals surface area contributed by atoms with Gasteiger partial charge >= 0.3 is 0 Å². The number of nitrogens with one attached hydrogen (secondary N) is 1. The third-order valence-electron chi connectivity index (χ3n) is 4.69. The fourth-order valence-electron chi connectivity index (χ4n) is 3.07. The van der Waals surface area contributed by atoms with Gasteiger partial charge in [-0.15, -0.1) is 0 Å². The topological polar surface area (TPSA) is 81.4 Å². The Kier molecular flexibility index (Phi) is 8.55. The molecule has 5 nitrogen and oxygen atoms in total. The highest BCUT2D eigenvalue weighted by Gasteiger charge is 2.18. The second-order valence-corrected chi connectivity index (χ2v) is 8.43. The average molecular weight is 538 g/mol. The predicted molar refractivity (Wildman–Crippen MR) is 127 cm³/mol. The van der Waals surface area contributed by atoms with E-state index in [-0.39, 0.29) is 30.1 Å². The Balaban J connectivity index is 1.87. The van der Waals surface area contributed by atoms with Gasteiger partial charge in [0.25, 0.3) is 12.3 Å². The summed E-state index contributed by atoms with van der Waals surface area (Å²) in [6, 6.07) is 16.2. The van der Waals surface area contributed by atoms with Crippen molar-refractivity contribution in [3.8, 4) is 5.75 Å². The molecule has 0 radical (unpaired) electrons. The van der Waals surface area contributed by atoms with Crippen LogP contribution in [-0.4, -0.2) is 24.7 Å². The van der Waals surface area contributed by atoms with Crippen molar-refractivity contribution >= 4 is 44.9 Å². The van der Waals surface area contributed by atoms with Crippen molar-refractivity contribution in [1.29, 1.82) is 0 Å². The number of rotatable bonds is 9. The Bertz CT molecular complexity index is 1160. The highest BCUT2D eigenvalue weighted by Crippen LogP contribution is 2.25. The van der Waals surface area contributed by atoms with Crippen LogP contribution in [0.25, 0.3) is 0 Å². The number of hydrogen-bond donors (Lipinski definition) is 2. The molecule has 0 atom stereocenters. The van der Waals surface area contributed by atoms with E-state index < -0.39 is 18.9 Å². The van der Waals surface area contributed by atoms with Gasteiger partial charge in [-0.2, -0.15) is 0 Å². The summed E-state index contributed by atoms with van der Waals surface area (Å²) in [4.78, 5) is 25.7. The summed E-state index contributed by atoms with van der Waals surface area (Å²) < 4.78 is 31.3. The number of ketones is 1. The number of ether oxygens (including phenoxy) is 1. The maximum atomic E-state index is 12.9. The summed E-state index contributed by atoms with van der Waals surface area (Å²) in [5.41, 5.74) is 7.76. The van der Waals surface area contributed by atoms with Crippen molar-refractivity contribution in [1.82, 2.24) is 0 Å². The monoisotopic (exact) mass is 536 g/mol. The van der Waals surface area contributed by atoms with Crippen LogP contribution in [0.1, 0.15) is 31.8 Å². The molecule has 33 heavy (non-hydrogen) atoms. The molecule has 0 fully saturated rings. The molecule has 3 rings (SSSR count). The molecular formula is C24H20BrClF2N2O3.